The Morgan fingerprint density at radius 1 is 0.600 bits per heavy atom. The zero-order valence-corrected chi connectivity index (χ0v) is 11.0. The van der Waals surface area contributed by atoms with Gasteiger partial charge in [0.15, 0.2) is 0 Å². The van der Waals surface area contributed by atoms with Gasteiger partial charge in [-0.15, -0.1) is 0 Å². The number of epoxide rings is 2. The van der Waals surface area contributed by atoms with E-state index in [4.69, 9.17) is 9.47 Å². The molecule has 4 nitrogen and oxygen atoms in total. The molecule has 7 aliphatic rings. The van der Waals surface area contributed by atoms with Crippen LogP contribution in [0.5, 0.6) is 0 Å². The lowest BCUT2D eigenvalue weighted by Crippen LogP contribution is -2.53. The second-order valence-electron chi connectivity index (χ2n) is 8.17. The van der Waals surface area contributed by atoms with Gasteiger partial charge in [-0.05, 0) is 36.5 Å². The van der Waals surface area contributed by atoms with Gasteiger partial charge in [0.1, 0.15) is 11.6 Å². The molecular weight excluding hydrogens is 256 g/mol. The molecule has 0 aromatic rings. The number of ketones is 2. The summed E-state index contributed by atoms with van der Waals surface area (Å²) >= 11 is 0. The highest BCUT2D eigenvalue weighted by Gasteiger charge is 2.78. The van der Waals surface area contributed by atoms with E-state index < -0.39 is 0 Å². The Hall–Kier alpha value is -0.740. The Morgan fingerprint density at radius 2 is 0.900 bits per heavy atom. The second kappa shape index (κ2) is 2.66. The first-order chi connectivity index (χ1) is 9.75. The Balaban J connectivity index is 1.39. The Bertz CT molecular complexity index is 503. The zero-order chi connectivity index (χ0) is 12.9. The van der Waals surface area contributed by atoms with Crippen LogP contribution >= 0.6 is 0 Å². The number of carbonyl (C=O) groups is 2. The molecule has 20 heavy (non-hydrogen) atoms. The average molecular weight is 272 g/mol. The maximum Gasteiger partial charge on any atom is 0.141 e. The van der Waals surface area contributed by atoms with Crippen molar-refractivity contribution < 1.29 is 19.1 Å². The molecule has 0 N–H and O–H groups in total. The fourth-order valence-corrected chi connectivity index (χ4v) is 7.28. The van der Waals surface area contributed by atoms with Gasteiger partial charge in [0.25, 0.3) is 0 Å². The zero-order valence-electron chi connectivity index (χ0n) is 11.0. The van der Waals surface area contributed by atoms with E-state index in [2.05, 4.69) is 0 Å². The molecule has 12 atom stereocenters. The summed E-state index contributed by atoms with van der Waals surface area (Å²) in [5.74, 6) is 2.32. The summed E-state index contributed by atoms with van der Waals surface area (Å²) < 4.78 is 11.4. The van der Waals surface area contributed by atoms with E-state index in [0.717, 1.165) is 12.8 Å². The van der Waals surface area contributed by atoms with Gasteiger partial charge in [0, 0.05) is 23.7 Å². The van der Waals surface area contributed by atoms with Crippen molar-refractivity contribution in [1.29, 1.82) is 0 Å². The van der Waals surface area contributed by atoms with E-state index in [1.807, 2.05) is 0 Å². The lowest BCUT2D eigenvalue weighted by molar-refractivity contribution is -0.150. The molecule has 2 saturated heterocycles. The predicted molar refractivity (Wildman–Crippen MR) is 64.5 cm³/mol. The predicted octanol–water partition coefficient (Wildman–Crippen LogP) is 0.437. The molecule has 7 rings (SSSR count). The monoisotopic (exact) mass is 272 g/mol. The highest BCUT2D eigenvalue weighted by atomic mass is 16.6. The van der Waals surface area contributed by atoms with Crippen molar-refractivity contribution in [1.82, 2.24) is 0 Å². The smallest absolute Gasteiger partial charge is 0.141 e. The molecule has 2 heterocycles. The third-order valence-corrected chi connectivity index (χ3v) is 7.83. The van der Waals surface area contributed by atoms with Gasteiger partial charge in [-0.2, -0.15) is 0 Å². The van der Waals surface area contributed by atoms with Gasteiger partial charge in [0.2, 0.25) is 0 Å². The van der Waals surface area contributed by atoms with Gasteiger partial charge < -0.3 is 9.47 Å². The molecule has 0 unspecified atom stereocenters. The minimum atomic E-state index is 0.00838. The van der Waals surface area contributed by atoms with Crippen molar-refractivity contribution in [2.75, 3.05) is 0 Å². The number of Topliss-reactive ketones (excluding diaryl/α,β-unsaturated/α-hetero) is 2. The number of hydrogen-bond donors (Lipinski definition) is 0. The minimum absolute atomic E-state index is 0.00838. The highest BCUT2D eigenvalue weighted by Crippen LogP contribution is 2.70. The normalized spacial score (nSPS) is 73.4. The average Bonchev–Trinajstić information content (AvgIpc) is 3.29. The van der Waals surface area contributed by atoms with Crippen LogP contribution in [0.1, 0.15) is 12.8 Å². The van der Waals surface area contributed by atoms with Crippen molar-refractivity contribution in [3.05, 3.63) is 0 Å². The Morgan fingerprint density at radius 3 is 1.20 bits per heavy atom. The van der Waals surface area contributed by atoms with E-state index in [-0.39, 0.29) is 23.7 Å². The van der Waals surface area contributed by atoms with Crippen molar-refractivity contribution in [3.63, 3.8) is 0 Å². The number of ether oxygens (including phenoxy) is 2. The van der Waals surface area contributed by atoms with Crippen LogP contribution in [0.4, 0.5) is 0 Å². The van der Waals surface area contributed by atoms with Crippen molar-refractivity contribution in [3.8, 4) is 0 Å². The van der Waals surface area contributed by atoms with Crippen LogP contribution in [0.25, 0.3) is 0 Å². The maximum absolute atomic E-state index is 13.1. The first kappa shape index (κ1) is 10.1. The van der Waals surface area contributed by atoms with E-state index in [1.165, 1.54) is 0 Å². The topological polar surface area (TPSA) is 59.2 Å². The van der Waals surface area contributed by atoms with Gasteiger partial charge in [0.05, 0.1) is 24.4 Å². The van der Waals surface area contributed by atoms with Crippen molar-refractivity contribution in [2.24, 2.45) is 47.3 Å². The van der Waals surface area contributed by atoms with E-state index in [0.29, 0.717) is 59.7 Å². The molecule has 7 fully saturated rings. The van der Waals surface area contributed by atoms with E-state index in [9.17, 15) is 9.59 Å². The van der Waals surface area contributed by atoms with Crippen LogP contribution < -0.4 is 0 Å². The highest BCUT2D eigenvalue weighted by molar-refractivity contribution is 6.02. The molecule has 4 heteroatoms. The van der Waals surface area contributed by atoms with Gasteiger partial charge >= 0.3 is 0 Å². The Labute approximate surface area is 116 Å². The molecule has 0 aromatic carbocycles. The molecule has 0 radical (unpaired) electrons. The molecular formula is C16H16O4. The molecule has 0 amide bonds. The number of carbonyl (C=O) groups excluding carboxylic acids is 2. The third-order valence-electron chi connectivity index (χ3n) is 7.83. The van der Waals surface area contributed by atoms with Crippen molar-refractivity contribution >= 4 is 11.6 Å². The summed E-state index contributed by atoms with van der Waals surface area (Å²) in [5, 5.41) is 0. The summed E-state index contributed by atoms with van der Waals surface area (Å²) in [6, 6.07) is 0. The summed E-state index contributed by atoms with van der Waals surface area (Å²) in [6.07, 6.45) is 3.41. The number of rotatable bonds is 0. The van der Waals surface area contributed by atoms with Gasteiger partial charge in [-0.3, -0.25) is 9.59 Å². The molecule has 0 aromatic heterocycles. The molecule has 5 aliphatic carbocycles. The number of fused-ring (bicyclic) bond motifs is 16. The van der Waals surface area contributed by atoms with Crippen LogP contribution in [-0.2, 0) is 19.1 Å². The summed E-state index contributed by atoms with van der Waals surface area (Å²) in [7, 11) is 0. The molecule has 104 valence electrons. The third kappa shape index (κ3) is 0.806. The minimum Gasteiger partial charge on any atom is -0.369 e. The summed E-state index contributed by atoms with van der Waals surface area (Å²) in [6.45, 7) is 0. The summed E-state index contributed by atoms with van der Waals surface area (Å²) in [4.78, 5) is 26.2. The lowest BCUT2D eigenvalue weighted by Gasteiger charge is -2.41. The SMILES string of the molecule is O=C1[C@@H]2[C@H]3C[C@@H]([C@H]4O[C@H]34)[C@H]2C(=O)[C@H]2[C@@H]3C[C@H]([C@H]4O[C@H]34)[C@@H]12. The first-order valence-corrected chi connectivity index (χ1v) is 8.14. The van der Waals surface area contributed by atoms with Crippen LogP contribution in [0.2, 0.25) is 0 Å². The Kier molecular flexibility index (Phi) is 1.34. The number of hydrogen-bond acceptors (Lipinski definition) is 4. The van der Waals surface area contributed by atoms with Gasteiger partial charge in [-0.1, -0.05) is 0 Å². The van der Waals surface area contributed by atoms with Crippen LogP contribution in [0.3, 0.4) is 0 Å². The van der Waals surface area contributed by atoms with Crippen LogP contribution in [0, 0.1) is 47.3 Å². The molecule has 4 bridgehead atoms. The second-order valence-corrected chi connectivity index (χ2v) is 8.17. The lowest BCUT2D eigenvalue weighted by atomic mass is 9.58. The van der Waals surface area contributed by atoms with Gasteiger partial charge in [-0.25, -0.2) is 0 Å². The molecule has 5 saturated carbocycles. The van der Waals surface area contributed by atoms with E-state index >= 15 is 0 Å². The summed E-state index contributed by atoms with van der Waals surface area (Å²) in [5.41, 5.74) is 0. The molecule has 0 spiro atoms. The van der Waals surface area contributed by atoms with Crippen LogP contribution in [-0.4, -0.2) is 36.0 Å². The fourth-order valence-electron chi connectivity index (χ4n) is 7.28. The van der Waals surface area contributed by atoms with E-state index in [1.54, 1.807) is 0 Å². The first-order valence-electron chi connectivity index (χ1n) is 8.14. The quantitative estimate of drug-likeness (QED) is 0.600. The fraction of sp³-hybridized carbons (Fsp3) is 0.875. The van der Waals surface area contributed by atoms with Crippen molar-refractivity contribution in [2.45, 2.75) is 37.3 Å². The molecule has 2 aliphatic heterocycles. The largest absolute Gasteiger partial charge is 0.369 e. The van der Waals surface area contributed by atoms with Crippen LogP contribution in [0.15, 0.2) is 0 Å². The standard InChI is InChI=1S/C16H16O4/c17-11-7-3-1-4(14-13(3)19-14)8(7)12(18)10-6-2-5(9(10)11)15-16(6)20-15/h3-10,13-16H,1-2H2/t3-,4-,5+,6+,7-,8-,9-,10+,13-,14-,15-,16-/m1/s1. The maximum atomic E-state index is 13.1.